The molecule has 0 unspecified atom stereocenters. The number of nitrogens with one attached hydrogen (secondary N) is 1. The third-order valence-electron chi connectivity index (χ3n) is 4.81. The smallest absolute Gasteiger partial charge is 0.306 e. The first kappa shape index (κ1) is 23.7. The van der Waals surface area contributed by atoms with Crippen LogP contribution in [0.25, 0.3) is 33.2 Å². The van der Waals surface area contributed by atoms with Gasteiger partial charge in [0.15, 0.2) is 8.60 Å². The Kier molecular flexibility index (Phi) is 6.74. The second-order valence-corrected chi connectivity index (χ2v) is 10.0. The first-order valence-electron chi connectivity index (χ1n) is 9.15. The number of hydrogen-bond acceptors (Lipinski definition) is 7. The Labute approximate surface area is 203 Å². The van der Waals surface area contributed by atoms with Crippen LogP contribution in [0.1, 0.15) is 0 Å². The molecule has 4 aromatic rings. The molecule has 0 saturated carbocycles. The van der Waals surface area contributed by atoms with E-state index in [4.69, 9.17) is 21.5 Å². The molecule has 0 radical (unpaired) electrons. The summed E-state index contributed by atoms with van der Waals surface area (Å²) in [7, 11) is -3.10. The van der Waals surface area contributed by atoms with E-state index in [1.165, 1.54) is 31.4 Å². The third-order valence-corrected chi connectivity index (χ3v) is 7.59. The van der Waals surface area contributed by atoms with Crippen molar-refractivity contribution < 1.29 is 21.5 Å². The van der Waals surface area contributed by atoms with Crippen LogP contribution >= 0.6 is 36.1 Å². The van der Waals surface area contributed by atoms with Gasteiger partial charge in [0, 0.05) is 27.1 Å². The highest BCUT2D eigenvalue weighted by molar-refractivity contribution is 9.10. The molecule has 0 aliphatic carbocycles. The normalized spacial score (nSPS) is 11.8. The number of ether oxygens (including phenoxy) is 1. The van der Waals surface area contributed by atoms with Crippen LogP contribution in [0.2, 0.25) is 5.02 Å². The fourth-order valence-corrected chi connectivity index (χ4v) is 5.37. The van der Waals surface area contributed by atoms with E-state index in [-0.39, 0.29) is 10.4 Å². The number of methoxy groups -OCH3 is 1. The van der Waals surface area contributed by atoms with Crippen LogP contribution in [0.5, 0.6) is 5.75 Å². The first-order chi connectivity index (χ1) is 15.7. The average molecular weight is 569 g/mol. The molecule has 0 bridgehead atoms. The van der Waals surface area contributed by atoms with Crippen molar-refractivity contribution in [2.24, 2.45) is 0 Å². The summed E-state index contributed by atoms with van der Waals surface area (Å²) in [6.45, 7) is 0. The fourth-order valence-electron chi connectivity index (χ4n) is 3.36. The standard InChI is InChI=1S/C21H13BrClFN3O4PS/c1-30-19-10-15(11-3-2-4-12(24)7-11)17(23)9-16(19)20-14-6-5-13(33(28,29)31-32-25)8-18(14)26-27-21(20)22/h2-10,25H,1H3. The molecule has 4 rings (SSSR count). The van der Waals surface area contributed by atoms with Gasteiger partial charge in [0.2, 0.25) is 0 Å². The number of aromatic nitrogens is 2. The van der Waals surface area contributed by atoms with Crippen LogP contribution in [0, 0.1) is 11.0 Å². The molecular weight excluding hydrogens is 556 g/mol. The van der Waals surface area contributed by atoms with Crippen LogP contribution in [0.4, 0.5) is 4.39 Å². The van der Waals surface area contributed by atoms with Gasteiger partial charge in [-0.05, 0) is 57.9 Å². The van der Waals surface area contributed by atoms with Gasteiger partial charge < -0.3 is 4.74 Å². The lowest BCUT2D eigenvalue weighted by Crippen LogP contribution is -2.01. The molecule has 0 amide bonds. The van der Waals surface area contributed by atoms with Gasteiger partial charge in [0.25, 0.3) is 0 Å². The zero-order valence-electron chi connectivity index (χ0n) is 16.7. The summed E-state index contributed by atoms with van der Waals surface area (Å²) in [4.78, 5) is -0.149. The summed E-state index contributed by atoms with van der Waals surface area (Å²) in [5.74, 6) is 0.0556. The third kappa shape index (κ3) is 4.62. The fraction of sp³-hybridized carbons (Fsp3) is 0.0476. The number of halogens is 3. The van der Waals surface area contributed by atoms with Crippen molar-refractivity contribution in [1.29, 1.82) is 5.16 Å². The lowest BCUT2D eigenvalue weighted by molar-refractivity contribution is 0.416. The summed E-state index contributed by atoms with van der Waals surface area (Å²) in [5, 5.41) is 16.1. The molecule has 1 N–H and O–H groups in total. The monoisotopic (exact) mass is 567 g/mol. The van der Waals surface area contributed by atoms with Crippen molar-refractivity contribution in [2.45, 2.75) is 4.90 Å². The molecule has 3 aromatic carbocycles. The SMILES string of the molecule is COc1cc(-c2cccc(F)c2)c(Cl)cc1-c1c(Br)nnc2cc(S(=O)(=O)OP=N)ccc12. The largest absolute Gasteiger partial charge is 0.496 e. The van der Waals surface area contributed by atoms with Gasteiger partial charge >= 0.3 is 10.1 Å². The Hall–Kier alpha value is -2.49. The van der Waals surface area contributed by atoms with Crippen LogP contribution in [-0.2, 0) is 14.1 Å². The topological polar surface area (TPSA) is 102 Å². The summed E-state index contributed by atoms with van der Waals surface area (Å²) >= 11 is 9.98. The van der Waals surface area contributed by atoms with Crippen molar-refractivity contribution in [1.82, 2.24) is 10.2 Å². The molecule has 0 aliphatic heterocycles. The maximum atomic E-state index is 13.7. The van der Waals surface area contributed by atoms with E-state index >= 15 is 0 Å². The quantitative estimate of drug-likeness (QED) is 0.255. The highest BCUT2D eigenvalue weighted by atomic mass is 79.9. The number of nitrogens with zero attached hydrogens (tertiary/aromatic N) is 2. The van der Waals surface area contributed by atoms with Crippen molar-refractivity contribution >= 4 is 57.2 Å². The van der Waals surface area contributed by atoms with E-state index in [2.05, 4.69) is 30.1 Å². The lowest BCUT2D eigenvalue weighted by Gasteiger charge is -2.16. The van der Waals surface area contributed by atoms with Gasteiger partial charge in [-0.15, -0.1) is 10.2 Å². The lowest BCUT2D eigenvalue weighted by atomic mass is 9.97. The molecule has 0 atom stereocenters. The number of rotatable bonds is 6. The summed E-state index contributed by atoms with van der Waals surface area (Å²) < 4.78 is 48.6. The van der Waals surface area contributed by atoms with E-state index in [0.717, 1.165) is 0 Å². The molecule has 1 aromatic heterocycles. The molecule has 168 valence electrons. The Morgan fingerprint density at radius 3 is 2.58 bits per heavy atom. The second-order valence-electron chi connectivity index (χ2n) is 6.71. The van der Waals surface area contributed by atoms with Gasteiger partial charge in [-0.2, -0.15) is 12.4 Å². The zero-order valence-corrected chi connectivity index (χ0v) is 20.8. The Bertz CT molecular complexity index is 1520. The first-order valence-corrected chi connectivity index (χ1v) is 12.5. The Morgan fingerprint density at radius 1 is 1.09 bits per heavy atom. The number of benzene rings is 3. The minimum absolute atomic E-state index is 0.149. The highest BCUT2D eigenvalue weighted by Gasteiger charge is 2.21. The Morgan fingerprint density at radius 2 is 1.88 bits per heavy atom. The number of fused-ring (bicyclic) bond motifs is 1. The Balaban J connectivity index is 1.94. The van der Waals surface area contributed by atoms with Crippen LogP contribution in [-0.4, -0.2) is 25.7 Å². The average Bonchev–Trinajstić information content (AvgIpc) is 2.78. The van der Waals surface area contributed by atoms with Gasteiger partial charge in [0.05, 0.1) is 17.5 Å². The van der Waals surface area contributed by atoms with Crippen molar-refractivity contribution in [3.8, 4) is 28.0 Å². The maximum absolute atomic E-state index is 13.7. The van der Waals surface area contributed by atoms with E-state index in [0.29, 0.717) is 43.0 Å². The van der Waals surface area contributed by atoms with Crippen LogP contribution in [0.3, 0.4) is 0 Å². The molecule has 1 heterocycles. The van der Waals surface area contributed by atoms with Gasteiger partial charge in [-0.25, -0.2) is 4.39 Å². The van der Waals surface area contributed by atoms with E-state index < -0.39 is 24.5 Å². The van der Waals surface area contributed by atoms with Gasteiger partial charge in [-0.3, -0.25) is 5.16 Å². The molecule has 0 saturated heterocycles. The van der Waals surface area contributed by atoms with E-state index in [9.17, 15) is 12.8 Å². The highest BCUT2D eigenvalue weighted by Crippen LogP contribution is 2.43. The second kappa shape index (κ2) is 9.40. The minimum atomic E-state index is -4.10. The van der Waals surface area contributed by atoms with E-state index in [1.54, 1.807) is 30.3 Å². The van der Waals surface area contributed by atoms with Crippen LogP contribution < -0.4 is 4.74 Å². The van der Waals surface area contributed by atoms with Gasteiger partial charge in [-0.1, -0.05) is 29.8 Å². The molecule has 0 aliphatic rings. The minimum Gasteiger partial charge on any atom is -0.496 e. The molecule has 0 fully saturated rings. The molecule has 0 spiro atoms. The summed E-state index contributed by atoms with van der Waals surface area (Å²) in [5.41, 5.74) is 2.61. The van der Waals surface area contributed by atoms with Gasteiger partial charge in [0.1, 0.15) is 16.2 Å². The maximum Gasteiger partial charge on any atom is 0.306 e. The van der Waals surface area contributed by atoms with Crippen molar-refractivity contribution in [2.75, 3.05) is 7.11 Å². The molecule has 7 nitrogen and oxygen atoms in total. The summed E-state index contributed by atoms with van der Waals surface area (Å²) in [6, 6.07) is 13.7. The predicted octanol–water partition coefficient (Wildman–Crippen LogP) is 6.86. The predicted molar refractivity (Wildman–Crippen MR) is 128 cm³/mol. The summed E-state index contributed by atoms with van der Waals surface area (Å²) in [6.07, 6.45) is 0. The number of hydrogen-bond donors (Lipinski definition) is 1. The molecule has 12 heteroatoms. The van der Waals surface area contributed by atoms with E-state index in [1.807, 2.05) is 0 Å². The molecule has 33 heavy (non-hydrogen) atoms. The van der Waals surface area contributed by atoms with Crippen molar-refractivity contribution in [3.05, 3.63) is 70.0 Å². The van der Waals surface area contributed by atoms with Crippen molar-refractivity contribution in [3.63, 3.8) is 0 Å². The molecular formula is C21H13BrClFN3O4PS. The van der Waals surface area contributed by atoms with Crippen LogP contribution in [0.15, 0.2) is 64.1 Å². The zero-order chi connectivity index (χ0) is 23.8.